The second-order valence-corrected chi connectivity index (χ2v) is 8.44. The quantitative estimate of drug-likeness (QED) is 0.0874. The van der Waals surface area contributed by atoms with E-state index in [0.29, 0.717) is 19.3 Å². The van der Waals surface area contributed by atoms with Gasteiger partial charge in [-0.3, -0.25) is 14.4 Å². The number of esters is 2. The van der Waals surface area contributed by atoms with E-state index in [1.165, 1.54) is 25.3 Å². The van der Waals surface area contributed by atoms with Gasteiger partial charge in [0.25, 0.3) is 0 Å². The van der Waals surface area contributed by atoms with Crippen LogP contribution >= 0.6 is 0 Å². The predicted octanol–water partition coefficient (Wildman–Crippen LogP) is 6.89. The van der Waals surface area contributed by atoms with Gasteiger partial charge in [-0.15, -0.1) is 0 Å². The number of carbonyl (C=O) groups excluding carboxylic acids is 3. The highest BCUT2D eigenvalue weighted by molar-refractivity contribution is 5.92. The molecular formula is C27H46O5. The third kappa shape index (κ3) is 16.7. The van der Waals surface area contributed by atoms with Crippen LogP contribution in [-0.2, 0) is 23.9 Å². The maximum Gasteiger partial charge on any atom is 0.306 e. The number of ketones is 1. The molecule has 0 amide bonds. The molecule has 0 aliphatic rings. The second kappa shape index (κ2) is 21.0. The minimum atomic E-state index is -0.599. The summed E-state index contributed by atoms with van der Waals surface area (Å²) < 4.78 is 11.0. The van der Waals surface area contributed by atoms with Crippen LogP contribution in [0.5, 0.6) is 0 Å². The third-order valence-electron chi connectivity index (χ3n) is 5.49. The Hall–Kier alpha value is -1.91. The minimum Gasteiger partial charge on any atom is -0.466 e. The molecule has 0 heterocycles. The highest BCUT2D eigenvalue weighted by Crippen LogP contribution is 2.17. The van der Waals surface area contributed by atoms with Crippen LogP contribution in [0, 0.1) is 5.92 Å². The summed E-state index contributed by atoms with van der Waals surface area (Å²) in [5, 5.41) is 0. The van der Waals surface area contributed by atoms with Gasteiger partial charge in [0.1, 0.15) is 6.10 Å². The number of hydrogen-bond donors (Lipinski definition) is 0. The Morgan fingerprint density at radius 1 is 0.781 bits per heavy atom. The third-order valence-corrected chi connectivity index (χ3v) is 5.49. The molecule has 0 bridgehead atoms. The van der Waals surface area contributed by atoms with Gasteiger partial charge in [-0.1, -0.05) is 90.4 Å². The monoisotopic (exact) mass is 450 g/mol. The normalized spacial score (nSPS) is 13.4. The van der Waals surface area contributed by atoms with Gasteiger partial charge in [-0.05, 0) is 25.8 Å². The molecule has 0 saturated heterocycles. The van der Waals surface area contributed by atoms with Crippen molar-refractivity contribution in [1.29, 1.82) is 0 Å². The predicted molar refractivity (Wildman–Crippen MR) is 130 cm³/mol. The fourth-order valence-electron chi connectivity index (χ4n) is 3.34. The molecule has 0 aliphatic heterocycles. The first-order valence-corrected chi connectivity index (χ1v) is 12.6. The Kier molecular flexibility index (Phi) is 19.7. The topological polar surface area (TPSA) is 69.7 Å². The zero-order valence-electron chi connectivity index (χ0n) is 20.9. The van der Waals surface area contributed by atoms with Gasteiger partial charge in [0.15, 0.2) is 5.78 Å². The largest absolute Gasteiger partial charge is 0.466 e. The molecule has 0 radical (unpaired) electrons. The molecule has 2 atom stereocenters. The van der Waals surface area contributed by atoms with Crippen molar-refractivity contribution in [1.82, 2.24) is 0 Å². The average Bonchev–Trinajstić information content (AvgIpc) is 2.77. The molecule has 184 valence electrons. The lowest BCUT2D eigenvalue weighted by atomic mass is 9.96. The maximum atomic E-state index is 12.5. The van der Waals surface area contributed by atoms with Crippen LogP contribution in [0.3, 0.4) is 0 Å². The van der Waals surface area contributed by atoms with E-state index in [-0.39, 0.29) is 24.3 Å². The second-order valence-electron chi connectivity index (χ2n) is 8.44. The molecule has 2 unspecified atom stereocenters. The smallest absolute Gasteiger partial charge is 0.306 e. The van der Waals surface area contributed by atoms with Gasteiger partial charge >= 0.3 is 11.9 Å². The maximum absolute atomic E-state index is 12.5. The molecule has 0 fully saturated rings. The average molecular weight is 451 g/mol. The molecular weight excluding hydrogens is 404 g/mol. The lowest BCUT2D eigenvalue weighted by Crippen LogP contribution is -2.31. The molecule has 5 heteroatoms. The number of hydrogen-bond acceptors (Lipinski definition) is 5. The van der Waals surface area contributed by atoms with Crippen molar-refractivity contribution in [2.45, 2.75) is 117 Å². The zero-order chi connectivity index (χ0) is 24.0. The van der Waals surface area contributed by atoms with E-state index in [4.69, 9.17) is 9.47 Å². The summed E-state index contributed by atoms with van der Waals surface area (Å²) in [6.45, 7) is 8.10. The summed E-state index contributed by atoms with van der Waals surface area (Å²) in [5.41, 5.74) is 0. The van der Waals surface area contributed by atoms with Crippen LogP contribution in [0.15, 0.2) is 24.3 Å². The lowest BCUT2D eigenvalue weighted by Gasteiger charge is -2.22. The van der Waals surface area contributed by atoms with E-state index >= 15 is 0 Å². The van der Waals surface area contributed by atoms with Crippen molar-refractivity contribution < 1.29 is 23.9 Å². The van der Waals surface area contributed by atoms with E-state index < -0.39 is 12.0 Å². The molecule has 0 aromatic rings. The van der Waals surface area contributed by atoms with Crippen LogP contribution < -0.4 is 0 Å². The highest BCUT2D eigenvalue weighted by atomic mass is 16.6. The van der Waals surface area contributed by atoms with Crippen molar-refractivity contribution in [3.05, 3.63) is 24.3 Å². The molecule has 0 N–H and O–H groups in total. The van der Waals surface area contributed by atoms with Crippen molar-refractivity contribution in [2.24, 2.45) is 5.92 Å². The molecule has 32 heavy (non-hydrogen) atoms. The van der Waals surface area contributed by atoms with E-state index in [2.05, 4.69) is 13.8 Å². The summed E-state index contributed by atoms with van der Waals surface area (Å²) >= 11 is 0. The first-order valence-electron chi connectivity index (χ1n) is 12.6. The van der Waals surface area contributed by atoms with Gasteiger partial charge in [0.05, 0.1) is 12.5 Å². The number of unbranched alkanes of at least 4 members (excludes halogenated alkanes) is 8. The van der Waals surface area contributed by atoms with E-state index in [0.717, 1.165) is 44.9 Å². The van der Waals surface area contributed by atoms with Crippen LogP contribution in [-0.4, -0.2) is 30.4 Å². The fourth-order valence-corrected chi connectivity index (χ4v) is 3.34. The van der Waals surface area contributed by atoms with Gasteiger partial charge in [-0.25, -0.2) is 0 Å². The Balaban J connectivity index is 4.62. The van der Waals surface area contributed by atoms with Crippen LogP contribution in [0.4, 0.5) is 0 Å². The zero-order valence-corrected chi connectivity index (χ0v) is 20.9. The number of ether oxygens (including phenoxy) is 2. The molecule has 5 nitrogen and oxygen atoms in total. The Morgan fingerprint density at radius 3 is 1.91 bits per heavy atom. The van der Waals surface area contributed by atoms with E-state index in [1.54, 1.807) is 19.1 Å². The van der Waals surface area contributed by atoms with Gasteiger partial charge in [0.2, 0.25) is 0 Å². The van der Waals surface area contributed by atoms with Gasteiger partial charge in [0, 0.05) is 19.3 Å². The first kappa shape index (κ1) is 30.1. The fraction of sp³-hybridized carbons (Fsp3) is 0.741. The summed E-state index contributed by atoms with van der Waals surface area (Å²) in [6, 6.07) is 0. The standard InChI is InChI=1S/C27H46O5/c1-5-8-11-13-16-19-26(29)31-22-21-25(23(4)24(28)18-15-10-7-3)32-27(30)20-17-14-12-9-6-2/h7,10,15,18,23,25H,5-6,8-9,11-14,16-17,19-22H2,1-4H3/b10-7+,18-15+. The van der Waals surface area contributed by atoms with Gasteiger partial charge in [-0.2, -0.15) is 0 Å². The molecule has 0 spiro atoms. The summed E-state index contributed by atoms with van der Waals surface area (Å²) in [6.07, 6.45) is 17.9. The highest BCUT2D eigenvalue weighted by Gasteiger charge is 2.26. The lowest BCUT2D eigenvalue weighted by molar-refractivity contribution is -0.155. The van der Waals surface area contributed by atoms with Crippen LogP contribution in [0.25, 0.3) is 0 Å². The Bertz CT molecular complexity index is 564. The van der Waals surface area contributed by atoms with Crippen molar-refractivity contribution >= 4 is 17.7 Å². The summed E-state index contributed by atoms with van der Waals surface area (Å²) in [5.74, 6) is -1.11. The summed E-state index contributed by atoms with van der Waals surface area (Å²) in [7, 11) is 0. The number of rotatable bonds is 20. The van der Waals surface area contributed by atoms with Crippen molar-refractivity contribution in [3.8, 4) is 0 Å². The van der Waals surface area contributed by atoms with Gasteiger partial charge < -0.3 is 9.47 Å². The van der Waals surface area contributed by atoms with E-state index in [1.807, 2.05) is 13.0 Å². The first-order chi connectivity index (χ1) is 15.5. The molecule has 0 rings (SSSR count). The Labute approximate surface area is 196 Å². The number of allylic oxidation sites excluding steroid dienone is 4. The van der Waals surface area contributed by atoms with Crippen molar-refractivity contribution in [3.63, 3.8) is 0 Å². The summed E-state index contributed by atoms with van der Waals surface area (Å²) in [4.78, 5) is 36.8. The SMILES string of the molecule is C/C=C/C=C/C(=O)C(C)C(CCOC(=O)CCCCCCC)OC(=O)CCCCCCC. The minimum absolute atomic E-state index is 0.105. The molecule has 0 aliphatic carbocycles. The number of carbonyl (C=O) groups is 3. The van der Waals surface area contributed by atoms with E-state index in [9.17, 15) is 14.4 Å². The van der Waals surface area contributed by atoms with Crippen LogP contribution in [0.1, 0.15) is 111 Å². The Morgan fingerprint density at radius 2 is 1.34 bits per heavy atom. The van der Waals surface area contributed by atoms with Crippen molar-refractivity contribution in [2.75, 3.05) is 6.61 Å². The molecule has 0 aromatic carbocycles. The van der Waals surface area contributed by atoms with Crippen LogP contribution in [0.2, 0.25) is 0 Å². The molecule has 0 aromatic heterocycles. The molecule has 0 saturated carbocycles.